The number of Topliss-reactive ketones (excluding diaryl/α,β-unsaturated/α-hetero) is 1. The summed E-state index contributed by atoms with van der Waals surface area (Å²) >= 11 is 0. The summed E-state index contributed by atoms with van der Waals surface area (Å²) in [5, 5.41) is 11.5. The van der Waals surface area contributed by atoms with Crippen LogP contribution < -0.4 is 25.0 Å². The Morgan fingerprint density at radius 1 is 0.970 bits per heavy atom. The zero-order valence-electron chi connectivity index (χ0n) is 19.1. The van der Waals surface area contributed by atoms with Gasteiger partial charge in [-0.25, -0.2) is 5.48 Å². The smallest absolute Gasteiger partial charge is 0.244 e. The van der Waals surface area contributed by atoms with Crippen molar-refractivity contribution in [2.45, 2.75) is 25.7 Å². The third-order valence-corrected chi connectivity index (χ3v) is 5.19. The molecule has 0 unspecified atom stereocenters. The number of methoxy groups -OCH3 is 3. The molecule has 2 aromatic carbocycles. The summed E-state index contributed by atoms with van der Waals surface area (Å²) in [6.07, 6.45) is 1.33. The van der Waals surface area contributed by atoms with Crippen molar-refractivity contribution in [3.8, 4) is 17.2 Å². The summed E-state index contributed by atoms with van der Waals surface area (Å²) in [5.74, 6) is -0.483. The number of amides is 2. The van der Waals surface area contributed by atoms with Crippen molar-refractivity contribution in [1.82, 2.24) is 10.8 Å². The van der Waals surface area contributed by atoms with Crippen LogP contribution in [0, 0.1) is 5.92 Å². The van der Waals surface area contributed by atoms with Crippen molar-refractivity contribution in [1.29, 1.82) is 0 Å². The van der Waals surface area contributed by atoms with Crippen LogP contribution >= 0.6 is 0 Å². The molecular formula is C24H30N2O7. The first-order valence-corrected chi connectivity index (χ1v) is 10.5. The van der Waals surface area contributed by atoms with Crippen LogP contribution in [0.1, 0.15) is 35.2 Å². The lowest BCUT2D eigenvalue weighted by Crippen LogP contribution is -2.37. The second-order valence-corrected chi connectivity index (χ2v) is 7.37. The van der Waals surface area contributed by atoms with E-state index in [4.69, 9.17) is 19.4 Å². The van der Waals surface area contributed by atoms with Crippen molar-refractivity contribution >= 4 is 17.6 Å². The SMILES string of the molecule is COc1cc(CCC[C@H](CC(=O)NO)C(=O)NCC(=O)c2ccccc2)cc(OC)c1OC. The van der Waals surface area contributed by atoms with Crippen LogP contribution in [0.25, 0.3) is 0 Å². The Morgan fingerprint density at radius 2 is 1.61 bits per heavy atom. The zero-order chi connectivity index (χ0) is 24.2. The van der Waals surface area contributed by atoms with E-state index in [0.29, 0.717) is 42.1 Å². The van der Waals surface area contributed by atoms with Crippen LogP contribution in [0.5, 0.6) is 17.2 Å². The number of ketones is 1. The van der Waals surface area contributed by atoms with E-state index in [2.05, 4.69) is 5.32 Å². The van der Waals surface area contributed by atoms with Gasteiger partial charge in [-0.1, -0.05) is 30.3 Å². The molecule has 1 atom stereocenters. The van der Waals surface area contributed by atoms with Crippen LogP contribution in [0.15, 0.2) is 42.5 Å². The molecule has 9 heteroatoms. The molecule has 0 aliphatic heterocycles. The fourth-order valence-electron chi connectivity index (χ4n) is 3.47. The standard InChI is InChI=1S/C24H30N2O7/c1-31-20-12-16(13-21(32-2)23(20)33-3)8-7-11-18(14-22(28)26-30)24(29)25-15-19(27)17-9-5-4-6-10-17/h4-6,9-10,12-13,18,30H,7-8,11,14-15H2,1-3H3,(H,25,29)(H,26,28)/t18-/m1/s1. The molecule has 33 heavy (non-hydrogen) atoms. The van der Waals surface area contributed by atoms with E-state index in [-0.39, 0.29) is 18.7 Å². The molecule has 0 bridgehead atoms. The number of hydrogen-bond acceptors (Lipinski definition) is 7. The van der Waals surface area contributed by atoms with E-state index < -0.39 is 17.7 Å². The molecule has 0 aliphatic carbocycles. The molecule has 2 amide bonds. The first kappa shape index (κ1) is 25.7. The van der Waals surface area contributed by atoms with Crippen molar-refractivity contribution in [2.24, 2.45) is 5.92 Å². The van der Waals surface area contributed by atoms with E-state index in [9.17, 15) is 14.4 Å². The number of aryl methyl sites for hydroxylation is 1. The normalized spacial score (nSPS) is 11.3. The number of hydrogen-bond donors (Lipinski definition) is 3. The van der Waals surface area contributed by atoms with Crippen molar-refractivity contribution in [3.05, 3.63) is 53.6 Å². The van der Waals surface area contributed by atoms with Crippen molar-refractivity contribution < 1.29 is 33.8 Å². The summed E-state index contributed by atoms with van der Waals surface area (Å²) in [6, 6.07) is 12.3. The molecule has 0 saturated carbocycles. The number of nitrogens with one attached hydrogen (secondary N) is 2. The highest BCUT2D eigenvalue weighted by Gasteiger charge is 2.22. The van der Waals surface area contributed by atoms with Crippen LogP contribution in [0.4, 0.5) is 0 Å². The average Bonchev–Trinajstić information content (AvgIpc) is 2.85. The maximum atomic E-state index is 12.7. The summed E-state index contributed by atoms with van der Waals surface area (Å²) in [4.78, 5) is 36.6. The summed E-state index contributed by atoms with van der Waals surface area (Å²) < 4.78 is 16.0. The molecule has 3 N–H and O–H groups in total. The molecular weight excluding hydrogens is 428 g/mol. The van der Waals surface area contributed by atoms with Crippen LogP contribution in [0.2, 0.25) is 0 Å². The summed E-state index contributed by atoms with van der Waals surface area (Å²) in [7, 11) is 4.59. The highest BCUT2D eigenvalue weighted by molar-refractivity contribution is 5.99. The monoisotopic (exact) mass is 458 g/mol. The van der Waals surface area contributed by atoms with Crippen LogP contribution in [-0.4, -0.2) is 50.7 Å². The molecule has 9 nitrogen and oxygen atoms in total. The van der Waals surface area contributed by atoms with Gasteiger partial charge in [0.15, 0.2) is 17.3 Å². The molecule has 2 rings (SSSR count). The van der Waals surface area contributed by atoms with Gasteiger partial charge in [-0.05, 0) is 37.0 Å². The predicted molar refractivity (Wildman–Crippen MR) is 121 cm³/mol. The van der Waals surface area contributed by atoms with Crippen LogP contribution in [0.3, 0.4) is 0 Å². The second kappa shape index (κ2) is 13.1. The largest absolute Gasteiger partial charge is 0.493 e. The lowest BCUT2D eigenvalue weighted by molar-refractivity contribution is -0.134. The lowest BCUT2D eigenvalue weighted by atomic mass is 9.95. The van der Waals surface area contributed by atoms with Gasteiger partial charge in [0.25, 0.3) is 0 Å². The lowest BCUT2D eigenvalue weighted by Gasteiger charge is -2.17. The third kappa shape index (κ3) is 7.50. The first-order valence-electron chi connectivity index (χ1n) is 10.5. The third-order valence-electron chi connectivity index (χ3n) is 5.19. The quantitative estimate of drug-likeness (QED) is 0.239. The molecule has 0 heterocycles. The number of rotatable bonds is 13. The van der Waals surface area contributed by atoms with E-state index in [0.717, 1.165) is 5.56 Å². The van der Waals surface area contributed by atoms with Gasteiger partial charge in [0.2, 0.25) is 17.6 Å². The molecule has 0 aromatic heterocycles. The topological polar surface area (TPSA) is 123 Å². The Bertz CT molecular complexity index is 922. The highest BCUT2D eigenvalue weighted by atomic mass is 16.5. The Morgan fingerprint density at radius 3 is 2.15 bits per heavy atom. The molecule has 178 valence electrons. The van der Waals surface area contributed by atoms with Gasteiger partial charge in [-0.15, -0.1) is 0 Å². The van der Waals surface area contributed by atoms with Gasteiger partial charge in [0, 0.05) is 17.9 Å². The number of benzene rings is 2. The Labute approximate surface area is 193 Å². The van der Waals surface area contributed by atoms with Gasteiger partial charge in [-0.2, -0.15) is 0 Å². The maximum absolute atomic E-state index is 12.7. The van der Waals surface area contributed by atoms with Gasteiger partial charge >= 0.3 is 0 Å². The van der Waals surface area contributed by atoms with Crippen molar-refractivity contribution in [2.75, 3.05) is 27.9 Å². The Balaban J connectivity index is 2.01. The van der Waals surface area contributed by atoms with E-state index >= 15 is 0 Å². The van der Waals surface area contributed by atoms with E-state index in [1.807, 2.05) is 12.1 Å². The number of ether oxygens (including phenoxy) is 3. The molecule has 2 aromatic rings. The molecule has 0 aliphatic rings. The zero-order valence-corrected chi connectivity index (χ0v) is 19.1. The van der Waals surface area contributed by atoms with Crippen molar-refractivity contribution in [3.63, 3.8) is 0 Å². The second-order valence-electron chi connectivity index (χ2n) is 7.37. The average molecular weight is 459 g/mol. The minimum Gasteiger partial charge on any atom is -0.493 e. The summed E-state index contributed by atoms with van der Waals surface area (Å²) in [6.45, 7) is -0.174. The molecule has 0 radical (unpaired) electrons. The predicted octanol–water partition coefficient (Wildman–Crippen LogP) is 2.55. The molecule has 0 fully saturated rings. The maximum Gasteiger partial charge on any atom is 0.244 e. The number of carbonyl (C=O) groups is 3. The first-order chi connectivity index (χ1) is 15.9. The summed E-state index contributed by atoms with van der Waals surface area (Å²) in [5.41, 5.74) is 2.96. The Kier molecular flexibility index (Phi) is 10.2. The highest BCUT2D eigenvalue weighted by Crippen LogP contribution is 2.38. The van der Waals surface area contributed by atoms with Crippen LogP contribution in [-0.2, 0) is 16.0 Å². The Hall–Kier alpha value is -3.59. The minimum atomic E-state index is -0.706. The fourth-order valence-corrected chi connectivity index (χ4v) is 3.47. The van der Waals surface area contributed by atoms with E-state index in [1.165, 1.54) is 21.3 Å². The van der Waals surface area contributed by atoms with Gasteiger partial charge in [-0.3, -0.25) is 19.6 Å². The van der Waals surface area contributed by atoms with Gasteiger partial charge < -0.3 is 19.5 Å². The van der Waals surface area contributed by atoms with E-state index in [1.54, 1.807) is 35.8 Å². The number of carbonyl (C=O) groups excluding carboxylic acids is 3. The minimum absolute atomic E-state index is 0.174. The number of hydroxylamine groups is 1. The van der Waals surface area contributed by atoms with Gasteiger partial charge in [0.05, 0.1) is 27.9 Å². The fraction of sp³-hybridized carbons (Fsp3) is 0.375. The molecule has 0 spiro atoms. The molecule has 0 saturated heterocycles. The van der Waals surface area contributed by atoms with Gasteiger partial charge in [0.1, 0.15) is 0 Å².